The third kappa shape index (κ3) is 5.82. The van der Waals surface area contributed by atoms with E-state index in [4.69, 9.17) is 16.0 Å². The molecule has 1 N–H and O–H groups in total. The van der Waals surface area contributed by atoms with E-state index in [1.54, 1.807) is 17.0 Å². The number of benzene rings is 2. The highest BCUT2D eigenvalue weighted by Gasteiger charge is 2.20. The normalized spacial score (nSPS) is 14.8. The average Bonchev–Trinajstić information content (AvgIpc) is 3.56. The van der Waals surface area contributed by atoms with Crippen LogP contribution in [0.15, 0.2) is 83.5 Å². The number of piperazine rings is 1. The van der Waals surface area contributed by atoms with Crippen LogP contribution in [0.1, 0.15) is 16.1 Å². The molecule has 4 aromatic rings. The molecule has 180 valence electrons. The Labute approximate surface area is 209 Å². The van der Waals surface area contributed by atoms with Crippen molar-refractivity contribution in [1.29, 1.82) is 0 Å². The molecule has 2 aromatic carbocycles. The van der Waals surface area contributed by atoms with E-state index in [9.17, 15) is 4.79 Å². The van der Waals surface area contributed by atoms with Gasteiger partial charge < -0.3 is 9.73 Å². The molecule has 0 spiro atoms. The second-order valence-corrected chi connectivity index (χ2v) is 9.08. The minimum atomic E-state index is -0.188. The number of carbonyl (C=O) groups excluding carboxylic acids is 1. The van der Waals surface area contributed by atoms with Crippen LogP contribution in [0.2, 0.25) is 5.02 Å². The fourth-order valence-corrected chi connectivity index (χ4v) is 4.55. The third-order valence-corrected chi connectivity index (χ3v) is 6.43. The molecule has 1 fully saturated rings. The molecular weight excluding hydrogens is 462 g/mol. The summed E-state index contributed by atoms with van der Waals surface area (Å²) in [5, 5.41) is 8.38. The fraction of sp³-hybridized carbons (Fsp3) is 0.259. The van der Waals surface area contributed by atoms with E-state index in [1.807, 2.05) is 60.7 Å². The first-order chi connectivity index (χ1) is 17.2. The van der Waals surface area contributed by atoms with Gasteiger partial charge in [0.2, 0.25) is 0 Å². The summed E-state index contributed by atoms with van der Waals surface area (Å²) < 4.78 is 7.32. The van der Waals surface area contributed by atoms with Gasteiger partial charge in [-0.1, -0.05) is 41.9 Å². The molecule has 0 radical (unpaired) electrons. The maximum Gasteiger partial charge on any atom is 0.271 e. The second kappa shape index (κ2) is 10.9. The van der Waals surface area contributed by atoms with Crippen molar-refractivity contribution in [3.8, 4) is 17.1 Å². The van der Waals surface area contributed by atoms with Crippen LogP contribution < -0.4 is 5.32 Å². The number of furan rings is 1. The van der Waals surface area contributed by atoms with Crippen molar-refractivity contribution < 1.29 is 9.21 Å². The van der Waals surface area contributed by atoms with Crippen LogP contribution >= 0.6 is 11.6 Å². The summed E-state index contributed by atoms with van der Waals surface area (Å²) in [6.45, 7) is 6.22. The minimum Gasteiger partial charge on any atom is -0.463 e. The lowest BCUT2D eigenvalue weighted by molar-refractivity contribution is 0.0929. The molecule has 0 aliphatic carbocycles. The first kappa shape index (κ1) is 23.4. The maximum absolute atomic E-state index is 12.9. The smallest absolute Gasteiger partial charge is 0.271 e. The second-order valence-electron chi connectivity index (χ2n) is 8.64. The van der Waals surface area contributed by atoms with E-state index >= 15 is 0 Å². The van der Waals surface area contributed by atoms with Crippen LogP contribution in [0.3, 0.4) is 0 Å². The molecule has 35 heavy (non-hydrogen) atoms. The number of hydrogen-bond donors (Lipinski definition) is 1. The maximum atomic E-state index is 12.9. The molecule has 8 heteroatoms. The van der Waals surface area contributed by atoms with E-state index in [2.05, 4.69) is 26.3 Å². The van der Waals surface area contributed by atoms with Gasteiger partial charge in [-0.3, -0.25) is 14.6 Å². The van der Waals surface area contributed by atoms with Crippen LogP contribution in [0.25, 0.3) is 17.1 Å². The predicted molar refractivity (Wildman–Crippen MR) is 137 cm³/mol. The topological polar surface area (TPSA) is 66.5 Å². The number of halogens is 1. The lowest BCUT2D eigenvalue weighted by Gasteiger charge is -2.34. The SMILES string of the molecule is O=C(NCCN1CCN(Cc2cccc(Cl)c2)CC1)c1cc(-c2ccco2)n(-c2ccccc2)n1. The lowest BCUT2D eigenvalue weighted by Crippen LogP contribution is -2.48. The monoisotopic (exact) mass is 489 g/mol. The Kier molecular flexibility index (Phi) is 7.28. The Morgan fingerprint density at radius 3 is 2.49 bits per heavy atom. The van der Waals surface area contributed by atoms with Crippen LogP contribution in [0.5, 0.6) is 0 Å². The van der Waals surface area contributed by atoms with E-state index in [0.717, 1.165) is 55.7 Å². The van der Waals surface area contributed by atoms with E-state index in [1.165, 1.54) is 5.56 Å². The zero-order valence-electron chi connectivity index (χ0n) is 19.4. The first-order valence-electron chi connectivity index (χ1n) is 11.8. The Balaban J connectivity index is 1.14. The number of rotatable bonds is 8. The van der Waals surface area contributed by atoms with Crippen molar-refractivity contribution in [3.63, 3.8) is 0 Å². The van der Waals surface area contributed by atoms with Gasteiger partial charge in [0, 0.05) is 56.9 Å². The number of carbonyl (C=O) groups is 1. The molecule has 2 aromatic heterocycles. The lowest BCUT2D eigenvalue weighted by atomic mass is 10.2. The zero-order chi connectivity index (χ0) is 24.0. The van der Waals surface area contributed by atoms with Gasteiger partial charge in [-0.2, -0.15) is 5.10 Å². The van der Waals surface area contributed by atoms with Crippen molar-refractivity contribution in [2.45, 2.75) is 6.54 Å². The van der Waals surface area contributed by atoms with E-state index in [0.29, 0.717) is 18.0 Å². The zero-order valence-corrected chi connectivity index (χ0v) is 20.2. The summed E-state index contributed by atoms with van der Waals surface area (Å²) in [6, 6.07) is 23.2. The molecule has 0 bridgehead atoms. The standard InChI is InChI=1S/C27H28ClN5O2/c28-22-7-4-6-21(18-22)20-32-15-13-31(14-16-32)12-11-29-27(34)24-19-25(26-10-5-17-35-26)33(30-24)23-8-2-1-3-9-23/h1-10,17-19H,11-16,20H2,(H,29,34). The minimum absolute atomic E-state index is 0.188. The fourth-order valence-electron chi connectivity index (χ4n) is 4.34. The van der Waals surface area contributed by atoms with Gasteiger partial charge in [-0.15, -0.1) is 0 Å². The van der Waals surface area contributed by atoms with Crippen LogP contribution in [-0.2, 0) is 6.54 Å². The van der Waals surface area contributed by atoms with Crippen molar-refractivity contribution in [1.82, 2.24) is 24.9 Å². The molecule has 1 saturated heterocycles. The Hall–Kier alpha value is -3.39. The molecule has 0 atom stereocenters. The summed E-state index contributed by atoms with van der Waals surface area (Å²) in [5.74, 6) is 0.475. The Morgan fingerprint density at radius 2 is 1.74 bits per heavy atom. The molecule has 5 rings (SSSR count). The van der Waals surface area contributed by atoms with Crippen molar-refractivity contribution in [2.24, 2.45) is 0 Å². The average molecular weight is 490 g/mol. The Bertz CT molecular complexity index is 1250. The number of para-hydroxylation sites is 1. The number of amides is 1. The summed E-state index contributed by atoms with van der Waals surface area (Å²) in [5.41, 5.74) is 3.21. The molecule has 1 amide bonds. The predicted octanol–water partition coefficient (Wildman–Crippen LogP) is 4.33. The molecule has 7 nitrogen and oxygen atoms in total. The Morgan fingerprint density at radius 1 is 0.943 bits per heavy atom. The van der Waals surface area contributed by atoms with Gasteiger partial charge in [-0.05, 0) is 42.0 Å². The molecule has 0 unspecified atom stereocenters. The highest BCUT2D eigenvalue weighted by molar-refractivity contribution is 6.30. The molecular formula is C27H28ClN5O2. The highest BCUT2D eigenvalue weighted by atomic mass is 35.5. The van der Waals surface area contributed by atoms with Crippen molar-refractivity contribution in [3.05, 3.63) is 95.3 Å². The van der Waals surface area contributed by atoms with Crippen LogP contribution in [0, 0.1) is 0 Å². The van der Waals surface area contributed by atoms with Gasteiger partial charge in [0.15, 0.2) is 11.5 Å². The van der Waals surface area contributed by atoms with E-state index < -0.39 is 0 Å². The van der Waals surface area contributed by atoms with Gasteiger partial charge in [0.25, 0.3) is 5.91 Å². The summed E-state index contributed by atoms with van der Waals surface area (Å²) in [6.07, 6.45) is 1.62. The molecule has 1 aliphatic heterocycles. The largest absolute Gasteiger partial charge is 0.463 e. The highest BCUT2D eigenvalue weighted by Crippen LogP contribution is 2.24. The van der Waals surface area contributed by atoms with Gasteiger partial charge >= 0.3 is 0 Å². The number of nitrogens with zero attached hydrogens (tertiary/aromatic N) is 4. The summed E-state index contributed by atoms with van der Waals surface area (Å²) in [7, 11) is 0. The van der Waals surface area contributed by atoms with Gasteiger partial charge in [0.05, 0.1) is 12.0 Å². The summed E-state index contributed by atoms with van der Waals surface area (Å²) >= 11 is 6.11. The molecule has 0 saturated carbocycles. The van der Waals surface area contributed by atoms with Crippen molar-refractivity contribution in [2.75, 3.05) is 39.3 Å². The number of nitrogens with one attached hydrogen (secondary N) is 1. The van der Waals surface area contributed by atoms with Crippen LogP contribution in [-0.4, -0.2) is 64.8 Å². The van der Waals surface area contributed by atoms with Crippen LogP contribution in [0.4, 0.5) is 0 Å². The molecule has 3 heterocycles. The molecule has 1 aliphatic rings. The number of aromatic nitrogens is 2. The third-order valence-electron chi connectivity index (χ3n) is 6.19. The summed E-state index contributed by atoms with van der Waals surface area (Å²) in [4.78, 5) is 17.7. The van der Waals surface area contributed by atoms with E-state index in [-0.39, 0.29) is 5.91 Å². The van der Waals surface area contributed by atoms with Gasteiger partial charge in [0.1, 0.15) is 5.69 Å². The quantitative estimate of drug-likeness (QED) is 0.399. The van der Waals surface area contributed by atoms with Crippen molar-refractivity contribution >= 4 is 17.5 Å². The first-order valence-corrected chi connectivity index (χ1v) is 12.2. The van der Waals surface area contributed by atoms with Gasteiger partial charge in [-0.25, -0.2) is 4.68 Å². The number of hydrogen-bond acceptors (Lipinski definition) is 5.